The lowest BCUT2D eigenvalue weighted by Crippen LogP contribution is -2.43. The normalized spacial score (nSPS) is 27.4. The number of amides is 2. The summed E-state index contributed by atoms with van der Waals surface area (Å²) < 4.78 is 7.33. The Hall–Kier alpha value is -1.74. The van der Waals surface area contributed by atoms with E-state index < -0.39 is 0 Å². The number of nitrogens with one attached hydrogen (secondary N) is 2. The molecule has 4 rings (SSSR count). The van der Waals surface area contributed by atoms with Crippen LogP contribution in [0.4, 0.5) is 5.82 Å². The van der Waals surface area contributed by atoms with Crippen molar-refractivity contribution in [2.24, 2.45) is 11.8 Å². The third-order valence-electron chi connectivity index (χ3n) is 6.00. The van der Waals surface area contributed by atoms with Gasteiger partial charge in [-0.3, -0.25) is 14.4 Å². The summed E-state index contributed by atoms with van der Waals surface area (Å²) in [6.45, 7) is 0. The van der Waals surface area contributed by atoms with Crippen LogP contribution >= 0.6 is 23.6 Å². The quantitative estimate of drug-likeness (QED) is 0.592. The van der Waals surface area contributed by atoms with Crippen LogP contribution in [0.25, 0.3) is 0 Å². The van der Waals surface area contributed by atoms with Gasteiger partial charge >= 0.3 is 5.97 Å². The molecule has 3 aliphatic rings. The first-order chi connectivity index (χ1) is 13.0. The Kier molecular flexibility index (Phi) is 5.07. The van der Waals surface area contributed by atoms with E-state index in [2.05, 4.69) is 10.6 Å². The lowest BCUT2D eigenvalue weighted by Gasteiger charge is -2.39. The molecule has 27 heavy (non-hydrogen) atoms. The molecule has 7 nitrogen and oxygen atoms in total. The maximum atomic E-state index is 12.8. The van der Waals surface area contributed by atoms with Crippen LogP contribution in [-0.4, -0.2) is 35.5 Å². The van der Waals surface area contributed by atoms with Gasteiger partial charge in [0.1, 0.15) is 10.7 Å². The number of rotatable bonds is 3. The van der Waals surface area contributed by atoms with Crippen LogP contribution in [0.5, 0.6) is 0 Å². The topological polar surface area (TPSA) is 89.4 Å². The average molecular weight is 410 g/mol. The molecule has 1 aromatic rings. The van der Waals surface area contributed by atoms with Crippen molar-refractivity contribution in [2.75, 3.05) is 12.4 Å². The van der Waals surface area contributed by atoms with Gasteiger partial charge in [-0.2, -0.15) is 0 Å². The minimum absolute atomic E-state index is 0.0916. The fourth-order valence-corrected chi connectivity index (χ4v) is 5.98. The summed E-state index contributed by atoms with van der Waals surface area (Å²) in [5.41, 5.74) is 0. The minimum Gasteiger partial charge on any atom is -0.469 e. The molecule has 3 atom stereocenters. The standard InChI is InChI=1S/C18H23N3O4S2/c1-25-17(24)9-6-7-11-12(8-9)21-14(20-15(11)22)13(27-18(21)26)16(23)19-10-4-2-3-5-10/h9-12H,2-8H2,1H3,(H,19,23)(H,20,22). The van der Waals surface area contributed by atoms with Gasteiger partial charge in [-0.25, -0.2) is 0 Å². The van der Waals surface area contributed by atoms with Gasteiger partial charge < -0.3 is 19.9 Å². The van der Waals surface area contributed by atoms with Gasteiger partial charge in [0.25, 0.3) is 5.91 Å². The molecule has 0 aromatic carbocycles. The minimum atomic E-state index is -0.248. The number of carbonyl (C=O) groups excluding carboxylic acids is 3. The Labute approximate surface area is 166 Å². The molecule has 2 aliphatic carbocycles. The van der Waals surface area contributed by atoms with Crippen LogP contribution in [0, 0.1) is 15.8 Å². The molecule has 2 N–H and O–H groups in total. The van der Waals surface area contributed by atoms with E-state index in [1.807, 2.05) is 4.57 Å². The molecule has 3 unspecified atom stereocenters. The summed E-state index contributed by atoms with van der Waals surface area (Å²) in [4.78, 5) is 37.9. The summed E-state index contributed by atoms with van der Waals surface area (Å²) >= 11 is 6.76. The van der Waals surface area contributed by atoms with Crippen molar-refractivity contribution in [2.45, 2.75) is 57.0 Å². The van der Waals surface area contributed by atoms with Gasteiger partial charge in [0.05, 0.1) is 18.9 Å². The van der Waals surface area contributed by atoms with E-state index in [0.29, 0.717) is 33.9 Å². The molecule has 0 spiro atoms. The highest BCUT2D eigenvalue weighted by molar-refractivity contribution is 7.73. The molecule has 2 fully saturated rings. The van der Waals surface area contributed by atoms with Gasteiger partial charge in [0.15, 0.2) is 3.95 Å². The Bertz CT molecular complexity index is 840. The first-order valence-electron chi connectivity index (χ1n) is 9.44. The molecular weight excluding hydrogens is 386 g/mol. The number of anilines is 1. The van der Waals surface area contributed by atoms with Crippen molar-refractivity contribution in [3.63, 3.8) is 0 Å². The van der Waals surface area contributed by atoms with E-state index in [1.54, 1.807) is 0 Å². The van der Waals surface area contributed by atoms with Crippen molar-refractivity contribution in [3.05, 3.63) is 8.83 Å². The van der Waals surface area contributed by atoms with E-state index in [4.69, 9.17) is 17.0 Å². The number of thiazole rings is 1. The van der Waals surface area contributed by atoms with Crippen LogP contribution in [0.1, 0.15) is 60.7 Å². The summed E-state index contributed by atoms with van der Waals surface area (Å²) in [6, 6.07) is -0.0115. The first kappa shape index (κ1) is 18.6. The molecule has 146 valence electrons. The zero-order valence-electron chi connectivity index (χ0n) is 15.2. The highest BCUT2D eigenvalue weighted by Gasteiger charge is 2.44. The summed E-state index contributed by atoms with van der Waals surface area (Å²) in [6.07, 6.45) is 5.98. The highest BCUT2D eigenvalue weighted by atomic mass is 32.1. The van der Waals surface area contributed by atoms with Gasteiger partial charge in [-0.15, -0.1) is 0 Å². The zero-order chi connectivity index (χ0) is 19.1. The van der Waals surface area contributed by atoms with E-state index in [0.717, 1.165) is 25.7 Å². The second kappa shape index (κ2) is 7.35. The van der Waals surface area contributed by atoms with Crippen LogP contribution in [-0.2, 0) is 14.3 Å². The van der Waals surface area contributed by atoms with Crippen LogP contribution in [0.2, 0.25) is 0 Å². The van der Waals surface area contributed by atoms with Crippen molar-refractivity contribution in [1.82, 2.24) is 9.88 Å². The van der Waals surface area contributed by atoms with E-state index in [1.165, 1.54) is 18.4 Å². The number of hydrogen-bond acceptors (Lipinski definition) is 6. The predicted octanol–water partition coefficient (Wildman–Crippen LogP) is 3.03. The van der Waals surface area contributed by atoms with Crippen LogP contribution < -0.4 is 10.6 Å². The van der Waals surface area contributed by atoms with Gasteiger partial charge in [0, 0.05) is 12.1 Å². The number of carbonyl (C=O) groups is 3. The SMILES string of the molecule is COC(=O)C1CCC2C(=O)Nc3c(C(=O)NC4CCCC4)sc(=S)n3C2C1. The van der Waals surface area contributed by atoms with E-state index >= 15 is 0 Å². The van der Waals surface area contributed by atoms with Crippen molar-refractivity contribution in [3.8, 4) is 0 Å². The predicted molar refractivity (Wildman–Crippen MR) is 103 cm³/mol. The molecule has 2 heterocycles. The molecular formula is C18H23N3O4S2. The van der Waals surface area contributed by atoms with Gasteiger partial charge in [-0.05, 0) is 44.3 Å². The fourth-order valence-electron chi connectivity index (χ4n) is 4.61. The monoisotopic (exact) mass is 409 g/mol. The molecule has 0 saturated heterocycles. The third kappa shape index (κ3) is 3.31. The smallest absolute Gasteiger partial charge is 0.308 e. The number of aromatic nitrogens is 1. The molecule has 2 saturated carbocycles. The maximum absolute atomic E-state index is 12.8. The zero-order valence-corrected chi connectivity index (χ0v) is 16.8. The Balaban J connectivity index is 1.65. The molecule has 1 aromatic heterocycles. The third-order valence-corrected chi connectivity index (χ3v) is 7.40. The second-order valence-electron chi connectivity index (χ2n) is 7.57. The number of methoxy groups -OCH3 is 1. The average Bonchev–Trinajstić information content (AvgIpc) is 3.28. The number of nitrogens with zero attached hydrogens (tertiary/aromatic N) is 1. The molecule has 0 bridgehead atoms. The van der Waals surface area contributed by atoms with E-state index in [9.17, 15) is 14.4 Å². The van der Waals surface area contributed by atoms with Crippen molar-refractivity contribution in [1.29, 1.82) is 0 Å². The largest absolute Gasteiger partial charge is 0.469 e. The number of ether oxygens (including phenoxy) is 1. The molecule has 9 heteroatoms. The fraction of sp³-hybridized carbons (Fsp3) is 0.667. The lowest BCUT2D eigenvalue weighted by atomic mass is 9.76. The van der Waals surface area contributed by atoms with Gasteiger partial charge in [0.2, 0.25) is 5.91 Å². The van der Waals surface area contributed by atoms with Crippen LogP contribution in [0.15, 0.2) is 0 Å². The van der Waals surface area contributed by atoms with E-state index in [-0.39, 0.29) is 41.7 Å². The van der Waals surface area contributed by atoms with Crippen LogP contribution in [0.3, 0.4) is 0 Å². The second-order valence-corrected chi connectivity index (χ2v) is 9.21. The van der Waals surface area contributed by atoms with Crippen molar-refractivity contribution < 1.29 is 19.1 Å². The summed E-state index contributed by atoms with van der Waals surface area (Å²) in [7, 11) is 1.38. The highest BCUT2D eigenvalue weighted by Crippen LogP contribution is 2.45. The Morgan fingerprint density at radius 3 is 2.70 bits per heavy atom. The Morgan fingerprint density at radius 2 is 2.00 bits per heavy atom. The summed E-state index contributed by atoms with van der Waals surface area (Å²) in [5, 5.41) is 5.97. The maximum Gasteiger partial charge on any atom is 0.308 e. The number of fused-ring (bicyclic) bond motifs is 3. The lowest BCUT2D eigenvalue weighted by molar-refractivity contribution is -0.148. The number of hydrogen-bond donors (Lipinski definition) is 2. The first-order valence-corrected chi connectivity index (χ1v) is 10.7. The van der Waals surface area contributed by atoms with Crippen molar-refractivity contribution >= 4 is 47.2 Å². The van der Waals surface area contributed by atoms with Gasteiger partial charge in [-0.1, -0.05) is 24.2 Å². The summed E-state index contributed by atoms with van der Waals surface area (Å²) in [5.74, 6) is -0.505. The molecule has 1 aliphatic heterocycles. The number of esters is 1. The molecule has 2 amide bonds. The Morgan fingerprint density at radius 1 is 1.26 bits per heavy atom. The molecule has 0 radical (unpaired) electrons.